The molecule has 1 aliphatic heterocycles. The summed E-state index contributed by atoms with van der Waals surface area (Å²) >= 11 is 0. The van der Waals surface area contributed by atoms with Gasteiger partial charge in [-0.3, -0.25) is 0 Å². The summed E-state index contributed by atoms with van der Waals surface area (Å²) in [4.78, 5) is 0. The summed E-state index contributed by atoms with van der Waals surface area (Å²) in [6, 6.07) is 1.53. The zero-order valence-corrected chi connectivity index (χ0v) is 9.62. The van der Waals surface area contributed by atoms with E-state index < -0.39 is 0 Å². The molecule has 0 aromatic heterocycles. The molecule has 2 nitrogen and oxygen atoms in total. The van der Waals surface area contributed by atoms with E-state index in [-0.39, 0.29) is 0 Å². The molecule has 1 heterocycles. The van der Waals surface area contributed by atoms with Crippen molar-refractivity contribution in [1.29, 1.82) is 0 Å². The summed E-state index contributed by atoms with van der Waals surface area (Å²) in [6.07, 6.45) is 6.00. The average Bonchev–Trinajstić information content (AvgIpc) is 2.81. The van der Waals surface area contributed by atoms with E-state index in [2.05, 4.69) is 26.1 Å². The fourth-order valence-corrected chi connectivity index (χ4v) is 2.75. The number of nitrogens with one attached hydrogen (secondary N) is 1. The van der Waals surface area contributed by atoms with Crippen LogP contribution in [-0.4, -0.2) is 24.3 Å². The van der Waals surface area contributed by atoms with Gasteiger partial charge in [-0.05, 0) is 39.0 Å². The largest absolute Gasteiger partial charge is 0.375 e. The van der Waals surface area contributed by atoms with Crippen LogP contribution in [0.3, 0.4) is 0 Å². The summed E-state index contributed by atoms with van der Waals surface area (Å²) in [6.45, 7) is 6.67. The van der Waals surface area contributed by atoms with Gasteiger partial charge in [0.25, 0.3) is 0 Å². The molecule has 4 atom stereocenters. The van der Waals surface area contributed by atoms with Crippen molar-refractivity contribution in [3.63, 3.8) is 0 Å². The van der Waals surface area contributed by atoms with Crippen molar-refractivity contribution < 1.29 is 4.74 Å². The third-order valence-electron chi connectivity index (χ3n) is 3.59. The molecule has 0 radical (unpaired) electrons. The summed E-state index contributed by atoms with van der Waals surface area (Å²) in [5.41, 5.74) is 0. The molecule has 0 amide bonds. The van der Waals surface area contributed by atoms with Gasteiger partial charge in [-0.25, -0.2) is 0 Å². The van der Waals surface area contributed by atoms with E-state index in [9.17, 15) is 0 Å². The molecule has 0 spiro atoms. The SMILES string of the molecule is CCC1CC1NC1CC(C)OC(C)C1. The van der Waals surface area contributed by atoms with Gasteiger partial charge in [-0.2, -0.15) is 0 Å². The second-order valence-corrected chi connectivity index (χ2v) is 5.10. The number of hydrogen-bond acceptors (Lipinski definition) is 2. The molecule has 0 aromatic rings. The van der Waals surface area contributed by atoms with Gasteiger partial charge in [0.05, 0.1) is 12.2 Å². The Labute approximate surface area is 87.4 Å². The van der Waals surface area contributed by atoms with Crippen LogP contribution in [0.4, 0.5) is 0 Å². The minimum Gasteiger partial charge on any atom is -0.375 e. The van der Waals surface area contributed by atoms with Crippen LogP contribution in [0.15, 0.2) is 0 Å². The highest BCUT2D eigenvalue weighted by Crippen LogP contribution is 2.34. The smallest absolute Gasteiger partial charge is 0.0565 e. The van der Waals surface area contributed by atoms with Gasteiger partial charge in [0, 0.05) is 12.1 Å². The summed E-state index contributed by atoms with van der Waals surface area (Å²) in [5, 5.41) is 3.77. The Hall–Kier alpha value is -0.0800. The van der Waals surface area contributed by atoms with Crippen molar-refractivity contribution >= 4 is 0 Å². The topological polar surface area (TPSA) is 21.3 Å². The lowest BCUT2D eigenvalue weighted by Crippen LogP contribution is -2.42. The maximum atomic E-state index is 5.73. The Morgan fingerprint density at radius 1 is 1.14 bits per heavy atom. The normalized spacial score (nSPS) is 47.8. The van der Waals surface area contributed by atoms with Gasteiger partial charge in [0.2, 0.25) is 0 Å². The second-order valence-electron chi connectivity index (χ2n) is 5.10. The van der Waals surface area contributed by atoms with Gasteiger partial charge >= 0.3 is 0 Å². The molecule has 14 heavy (non-hydrogen) atoms. The minimum atomic E-state index is 0.440. The standard InChI is InChI=1S/C12H23NO/c1-4-10-7-12(10)13-11-5-8(2)14-9(3)6-11/h8-13H,4-7H2,1-3H3. The van der Waals surface area contributed by atoms with Crippen LogP contribution in [-0.2, 0) is 4.74 Å². The van der Waals surface area contributed by atoms with E-state index in [0.29, 0.717) is 18.2 Å². The Balaban J connectivity index is 1.75. The molecule has 1 N–H and O–H groups in total. The van der Waals surface area contributed by atoms with Crippen molar-refractivity contribution in [3.05, 3.63) is 0 Å². The van der Waals surface area contributed by atoms with E-state index in [4.69, 9.17) is 4.74 Å². The quantitative estimate of drug-likeness (QED) is 0.750. The van der Waals surface area contributed by atoms with Gasteiger partial charge in [-0.15, -0.1) is 0 Å². The van der Waals surface area contributed by atoms with Crippen molar-refractivity contribution in [2.24, 2.45) is 5.92 Å². The lowest BCUT2D eigenvalue weighted by Gasteiger charge is -2.32. The molecule has 0 bridgehead atoms. The summed E-state index contributed by atoms with van der Waals surface area (Å²) in [5.74, 6) is 0.962. The molecule has 0 aromatic carbocycles. The molecule has 1 saturated heterocycles. The average molecular weight is 197 g/mol. The zero-order valence-electron chi connectivity index (χ0n) is 9.62. The molecule has 1 saturated carbocycles. The maximum absolute atomic E-state index is 5.73. The van der Waals surface area contributed by atoms with Gasteiger partial charge < -0.3 is 10.1 Å². The summed E-state index contributed by atoms with van der Waals surface area (Å²) in [7, 11) is 0. The third kappa shape index (κ3) is 2.48. The molecule has 1 aliphatic carbocycles. The molecule has 2 rings (SSSR count). The van der Waals surface area contributed by atoms with Crippen LogP contribution in [0, 0.1) is 5.92 Å². The first-order valence-electron chi connectivity index (χ1n) is 6.10. The maximum Gasteiger partial charge on any atom is 0.0565 e. The van der Waals surface area contributed by atoms with E-state index >= 15 is 0 Å². The highest BCUT2D eigenvalue weighted by Gasteiger charge is 2.37. The lowest BCUT2D eigenvalue weighted by atomic mass is 10.00. The van der Waals surface area contributed by atoms with Gasteiger partial charge in [0.1, 0.15) is 0 Å². The van der Waals surface area contributed by atoms with Crippen LogP contribution < -0.4 is 5.32 Å². The van der Waals surface area contributed by atoms with Crippen molar-refractivity contribution in [2.75, 3.05) is 0 Å². The Morgan fingerprint density at radius 2 is 1.79 bits per heavy atom. The first-order valence-corrected chi connectivity index (χ1v) is 6.10. The van der Waals surface area contributed by atoms with Crippen LogP contribution in [0.5, 0.6) is 0 Å². The molecule has 2 aliphatic rings. The molecular formula is C12H23NO. The molecular weight excluding hydrogens is 174 g/mol. The predicted molar refractivity (Wildman–Crippen MR) is 58.4 cm³/mol. The van der Waals surface area contributed by atoms with E-state index in [1.165, 1.54) is 25.7 Å². The number of hydrogen-bond donors (Lipinski definition) is 1. The van der Waals surface area contributed by atoms with Crippen LogP contribution >= 0.6 is 0 Å². The molecule has 4 unspecified atom stereocenters. The van der Waals surface area contributed by atoms with Gasteiger partial charge in [-0.1, -0.05) is 13.3 Å². The lowest BCUT2D eigenvalue weighted by molar-refractivity contribution is -0.0424. The monoisotopic (exact) mass is 197 g/mol. The van der Waals surface area contributed by atoms with Crippen LogP contribution in [0.25, 0.3) is 0 Å². The molecule has 82 valence electrons. The third-order valence-corrected chi connectivity index (χ3v) is 3.59. The van der Waals surface area contributed by atoms with E-state index in [1.807, 2.05) is 0 Å². The Kier molecular flexibility index (Phi) is 3.13. The first-order chi connectivity index (χ1) is 6.69. The highest BCUT2D eigenvalue weighted by atomic mass is 16.5. The number of rotatable bonds is 3. The fraction of sp³-hybridized carbons (Fsp3) is 1.00. The molecule has 2 fully saturated rings. The van der Waals surface area contributed by atoms with Gasteiger partial charge in [0.15, 0.2) is 0 Å². The Morgan fingerprint density at radius 3 is 2.29 bits per heavy atom. The van der Waals surface area contributed by atoms with E-state index in [0.717, 1.165) is 12.0 Å². The summed E-state index contributed by atoms with van der Waals surface area (Å²) < 4.78 is 5.73. The second kappa shape index (κ2) is 4.19. The zero-order chi connectivity index (χ0) is 10.1. The number of ether oxygens (including phenoxy) is 1. The Bertz CT molecular complexity index is 185. The predicted octanol–water partition coefficient (Wildman–Crippen LogP) is 2.33. The first kappa shape index (κ1) is 10.4. The minimum absolute atomic E-state index is 0.440. The van der Waals surface area contributed by atoms with Crippen LogP contribution in [0.2, 0.25) is 0 Å². The fourth-order valence-electron chi connectivity index (χ4n) is 2.75. The highest BCUT2D eigenvalue weighted by molar-refractivity contribution is 4.95. The van der Waals surface area contributed by atoms with Crippen molar-refractivity contribution in [3.8, 4) is 0 Å². The van der Waals surface area contributed by atoms with E-state index in [1.54, 1.807) is 0 Å². The van der Waals surface area contributed by atoms with Crippen molar-refractivity contribution in [1.82, 2.24) is 5.32 Å². The van der Waals surface area contributed by atoms with Crippen molar-refractivity contribution in [2.45, 2.75) is 70.7 Å². The molecule has 2 heteroatoms. The van der Waals surface area contributed by atoms with Crippen LogP contribution in [0.1, 0.15) is 46.5 Å².